The number of imide groups is 1. The molecule has 1 heterocycles. The lowest BCUT2D eigenvalue weighted by molar-refractivity contribution is -0.123. The first-order valence-corrected chi connectivity index (χ1v) is 13.4. The molecule has 0 N–H and O–H groups in total. The minimum atomic E-state index is -4.17. The van der Waals surface area contributed by atoms with Gasteiger partial charge < -0.3 is 8.92 Å². The fraction of sp³-hybridized carbons (Fsp3) is 0.0833. The molecule has 0 atom stereocenters. The Morgan fingerprint density at radius 1 is 1.03 bits per heavy atom. The number of benzene rings is 3. The van der Waals surface area contributed by atoms with E-state index >= 15 is 0 Å². The van der Waals surface area contributed by atoms with Gasteiger partial charge in [-0.05, 0) is 71.4 Å². The zero-order chi connectivity index (χ0) is 25.2. The summed E-state index contributed by atoms with van der Waals surface area (Å²) in [5.74, 6) is -0.326. The first kappa shape index (κ1) is 25.3. The lowest BCUT2D eigenvalue weighted by atomic mass is 10.1. The third-order valence-electron chi connectivity index (χ3n) is 4.95. The van der Waals surface area contributed by atoms with Gasteiger partial charge in [-0.15, -0.1) is 0 Å². The number of halogens is 2. The highest BCUT2D eigenvalue weighted by molar-refractivity contribution is 9.10. The van der Waals surface area contributed by atoms with Gasteiger partial charge in [0.2, 0.25) is 0 Å². The molecule has 7 nitrogen and oxygen atoms in total. The number of nitrogens with zero attached hydrogens (tertiary/aromatic N) is 1. The van der Waals surface area contributed by atoms with Crippen molar-refractivity contribution in [1.29, 1.82) is 0 Å². The number of carbonyl (C=O) groups excluding carboxylic acids is 2. The van der Waals surface area contributed by atoms with Crippen molar-refractivity contribution in [2.75, 3.05) is 7.11 Å². The first-order chi connectivity index (χ1) is 16.7. The van der Waals surface area contributed by atoms with Crippen molar-refractivity contribution in [3.05, 3.63) is 92.3 Å². The summed E-state index contributed by atoms with van der Waals surface area (Å²) >= 11 is 10.1. The van der Waals surface area contributed by atoms with Crippen molar-refractivity contribution in [3.63, 3.8) is 0 Å². The van der Waals surface area contributed by atoms with Gasteiger partial charge in [0.05, 0.1) is 18.6 Å². The van der Waals surface area contributed by atoms with E-state index in [1.807, 2.05) is 24.3 Å². The maximum Gasteiger partial charge on any atom is 0.339 e. The van der Waals surface area contributed by atoms with E-state index in [0.717, 1.165) is 26.7 Å². The Balaban J connectivity index is 1.60. The van der Waals surface area contributed by atoms with Crippen molar-refractivity contribution in [1.82, 2.24) is 4.90 Å². The second-order valence-corrected chi connectivity index (χ2v) is 11.1. The fourth-order valence-corrected chi connectivity index (χ4v) is 5.51. The normalized spacial score (nSPS) is 15.1. The summed E-state index contributed by atoms with van der Waals surface area (Å²) in [5.41, 5.74) is 1.25. The fourth-order valence-electron chi connectivity index (χ4n) is 3.20. The summed E-state index contributed by atoms with van der Waals surface area (Å²) in [7, 11) is -2.79. The number of carbonyl (C=O) groups is 2. The molecule has 0 bridgehead atoms. The van der Waals surface area contributed by atoms with Crippen LogP contribution in [0.5, 0.6) is 11.5 Å². The average molecular weight is 595 g/mol. The van der Waals surface area contributed by atoms with Gasteiger partial charge in [0.15, 0.2) is 11.5 Å². The van der Waals surface area contributed by atoms with Crippen molar-refractivity contribution in [2.24, 2.45) is 0 Å². The Labute approximate surface area is 219 Å². The Kier molecular flexibility index (Phi) is 7.56. The van der Waals surface area contributed by atoms with Crippen molar-refractivity contribution < 1.29 is 26.9 Å². The van der Waals surface area contributed by atoms with E-state index in [1.165, 1.54) is 49.6 Å². The van der Waals surface area contributed by atoms with Gasteiger partial charge in [0.1, 0.15) is 4.90 Å². The second-order valence-electron chi connectivity index (χ2n) is 7.26. The molecule has 1 saturated heterocycles. The molecule has 1 fully saturated rings. The Hall–Kier alpha value is -2.79. The molecule has 3 aromatic rings. The van der Waals surface area contributed by atoms with Gasteiger partial charge in [-0.2, -0.15) is 8.42 Å². The molecule has 0 saturated carbocycles. The van der Waals surface area contributed by atoms with Crippen LogP contribution in [0, 0.1) is 0 Å². The van der Waals surface area contributed by atoms with Crippen LogP contribution in [0.15, 0.2) is 81.0 Å². The van der Waals surface area contributed by atoms with Crippen LogP contribution in [0.1, 0.15) is 11.1 Å². The first-order valence-electron chi connectivity index (χ1n) is 10.0. The largest absolute Gasteiger partial charge is 0.493 e. The van der Waals surface area contributed by atoms with Gasteiger partial charge in [-0.25, -0.2) is 0 Å². The minimum Gasteiger partial charge on any atom is -0.493 e. The molecular weight excluding hydrogens is 578 g/mol. The highest BCUT2D eigenvalue weighted by atomic mass is 79.9. The Morgan fingerprint density at radius 2 is 1.74 bits per heavy atom. The molecule has 0 unspecified atom stereocenters. The molecule has 3 aromatic carbocycles. The van der Waals surface area contributed by atoms with Crippen LogP contribution in [0.2, 0.25) is 5.02 Å². The summed E-state index contributed by atoms with van der Waals surface area (Å²) in [6.07, 6.45) is 1.51. The van der Waals surface area contributed by atoms with E-state index in [0.29, 0.717) is 10.6 Å². The van der Waals surface area contributed by atoms with E-state index in [2.05, 4.69) is 15.9 Å². The van der Waals surface area contributed by atoms with E-state index < -0.39 is 21.3 Å². The molecule has 2 amide bonds. The van der Waals surface area contributed by atoms with E-state index in [1.54, 1.807) is 6.07 Å². The van der Waals surface area contributed by atoms with Gasteiger partial charge in [0.25, 0.3) is 11.1 Å². The SMILES string of the molecule is COc1ccc(/C=C2\SC(=O)N(Cc3ccccc3Br)C2=O)cc1OS(=O)(=O)c1ccc(Cl)cc1. The summed E-state index contributed by atoms with van der Waals surface area (Å²) in [4.78, 5) is 26.7. The quantitative estimate of drug-likeness (QED) is 0.241. The maximum absolute atomic E-state index is 12.9. The molecule has 1 aliphatic rings. The molecule has 11 heteroatoms. The molecular formula is C24H17BrClNO6S2. The van der Waals surface area contributed by atoms with Gasteiger partial charge in [0, 0.05) is 9.50 Å². The molecule has 0 radical (unpaired) electrons. The minimum absolute atomic E-state index is 0.0661. The van der Waals surface area contributed by atoms with Gasteiger partial charge in [-0.1, -0.05) is 51.8 Å². The van der Waals surface area contributed by atoms with Gasteiger partial charge in [-0.3, -0.25) is 14.5 Å². The lowest BCUT2D eigenvalue weighted by Crippen LogP contribution is -2.27. The summed E-state index contributed by atoms with van der Waals surface area (Å²) in [6.45, 7) is 0.125. The average Bonchev–Trinajstić information content (AvgIpc) is 3.08. The van der Waals surface area contributed by atoms with Crippen molar-refractivity contribution >= 4 is 66.6 Å². The predicted octanol–water partition coefficient (Wildman–Crippen LogP) is 6.12. The monoisotopic (exact) mass is 593 g/mol. The summed E-state index contributed by atoms with van der Waals surface area (Å²) in [5, 5.41) is -0.00981. The number of thioether (sulfide) groups is 1. The van der Waals surface area contributed by atoms with Crippen LogP contribution in [-0.2, 0) is 21.5 Å². The molecule has 180 valence electrons. The lowest BCUT2D eigenvalue weighted by Gasteiger charge is -2.13. The van der Waals surface area contributed by atoms with E-state index in [-0.39, 0.29) is 27.8 Å². The van der Waals surface area contributed by atoms with Crippen LogP contribution >= 0.6 is 39.3 Å². The van der Waals surface area contributed by atoms with E-state index in [4.69, 9.17) is 20.5 Å². The summed E-state index contributed by atoms with van der Waals surface area (Å²) in [6, 6.07) is 17.4. The Bertz CT molecular complexity index is 1440. The molecule has 4 rings (SSSR count). The second kappa shape index (κ2) is 10.4. The molecule has 1 aliphatic heterocycles. The number of hydrogen-bond acceptors (Lipinski definition) is 7. The van der Waals surface area contributed by atoms with Crippen molar-refractivity contribution in [3.8, 4) is 11.5 Å². The van der Waals surface area contributed by atoms with Crippen LogP contribution in [0.25, 0.3) is 6.08 Å². The van der Waals surface area contributed by atoms with Crippen LogP contribution < -0.4 is 8.92 Å². The maximum atomic E-state index is 12.9. The smallest absolute Gasteiger partial charge is 0.339 e. The Morgan fingerprint density at radius 3 is 2.43 bits per heavy atom. The van der Waals surface area contributed by atoms with Crippen LogP contribution in [-0.4, -0.2) is 31.6 Å². The van der Waals surface area contributed by atoms with Crippen LogP contribution in [0.3, 0.4) is 0 Å². The third kappa shape index (κ3) is 5.72. The van der Waals surface area contributed by atoms with Gasteiger partial charge >= 0.3 is 10.1 Å². The topological polar surface area (TPSA) is 90.0 Å². The van der Waals surface area contributed by atoms with E-state index in [9.17, 15) is 18.0 Å². The summed E-state index contributed by atoms with van der Waals surface area (Å²) < 4.78 is 36.8. The standard InChI is InChI=1S/C24H17BrClNO6S2/c1-32-20-11-6-15(12-21(20)33-35(30,31)18-9-7-17(26)8-10-18)13-22-23(28)27(24(29)34-22)14-16-4-2-3-5-19(16)25/h2-13H,14H2,1H3/b22-13-. The highest BCUT2D eigenvalue weighted by Gasteiger charge is 2.35. The zero-order valence-corrected chi connectivity index (χ0v) is 22.1. The number of hydrogen-bond donors (Lipinski definition) is 0. The predicted molar refractivity (Wildman–Crippen MR) is 138 cm³/mol. The molecule has 0 aromatic heterocycles. The molecule has 35 heavy (non-hydrogen) atoms. The number of methoxy groups -OCH3 is 1. The van der Waals surface area contributed by atoms with Crippen LogP contribution in [0.4, 0.5) is 4.79 Å². The molecule has 0 spiro atoms. The molecule has 0 aliphatic carbocycles. The highest BCUT2D eigenvalue weighted by Crippen LogP contribution is 2.36. The van der Waals surface area contributed by atoms with Crippen molar-refractivity contribution in [2.45, 2.75) is 11.4 Å². The number of amides is 2. The number of rotatable bonds is 7. The zero-order valence-electron chi connectivity index (χ0n) is 18.1. The number of ether oxygens (including phenoxy) is 1. The third-order valence-corrected chi connectivity index (χ3v) is 8.13.